The number of amides is 2. The number of nitrogens with one attached hydrogen (secondary N) is 2. The maximum atomic E-state index is 12.0. The van der Waals surface area contributed by atoms with Gasteiger partial charge in [-0.3, -0.25) is 0 Å². The lowest BCUT2D eigenvalue weighted by atomic mass is 10.2. The lowest BCUT2D eigenvalue weighted by molar-refractivity contribution is 0.262. The van der Waals surface area contributed by atoms with Crippen LogP contribution in [0.25, 0.3) is 0 Å². The molecule has 0 atom stereocenters. The minimum Gasteiger partial charge on any atom is -0.497 e. The van der Waals surface area contributed by atoms with E-state index in [9.17, 15) is 4.79 Å². The van der Waals surface area contributed by atoms with Crippen molar-refractivity contribution in [1.82, 2.24) is 0 Å². The molecular formula is C16H18N2O4. The molecule has 0 aromatic heterocycles. The monoisotopic (exact) mass is 302 g/mol. The van der Waals surface area contributed by atoms with E-state index in [0.717, 1.165) is 5.75 Å². The molecule has 0 saturated carbocycles. The average molecular weight is 302 g/mol. The molecule has 2 rings (SSSR count). The third-order valence-corrected chi connectivity index (χ3v) is 2.99. The molecule has 2 N–H and O–H groups in total. The van der Waals surface area contributed by atoms with Gasteiger partial charge < -0.3 is 24.8 Å². The van der Waals surface area contributed by atoms with Crippen molar-refractivity contribution in [1.29, 1.82) is 0 Å². The highest BCUT2D eigenvalue weighted by Gasteiger charge is 2.07. The van der Waals surface area contributed by atoms with Crippen LogP contribution in [0.3, 0.4) is 0 Å². The van der Waals surface area contributed by atoms with Gasteiger partial charge in [-0.25, -0.2) is 4.79 Å². The molecule has 0 saturated heterocycles. The van der Waals surface area contributed by atoms with Crippen LogP contribution >= 0.6 is 0 Å². The Morgan fingerprint density at radius 1 is 0.773 bits per heavy atom. The van der Waals surface area contributed by atoms with E-state index in [0.29, 0.717) is 22.9 Å². The summed E-state index contributed by atoms with van der Waals surface area (Å²) in [4.78, 5) is 12.0. The number of rotatable bonds is 5. The van der Waals surface area contributed by atoms with E-state index < -0.39 is 0 Å². The summed E-state index contributed by atoms with van der Waals surface area (Å²) in [6.45, 7) is 0. The van der Waals surface area contributed by atoms with Gasteiger partial charge in [0.15, 0.2) is 11.5 Å². The summed E-state index contributed by atoms with van der Waals surface area (Å²) in [6, 6.07) is 11.8. The van der Waals surface area contributed by atoms with Crippen LogP contribution in [0.1, 0.15) is 0 Å². The van der Waals surface area contributed by atoms with Crippen molar-refractivity contribution in [2.45, 2.75) is 0 Å². The van der Waals surface area contributed by atoms with E-state index in [4.69, 9.17) is 14.2 Å². The summed E-state index contributed by atoms with van der Waals surface area (Å²) in [5, 5.41) is 5.46. The molecule has 6 nitrogen and oxygen atoms in total. The standard InChI is InChI=1S/C16H18N2O4/c1-20-13-7-4-11(5-8-13)17-16(19)18-12-6-9-14(21-2)15(10-12)22-3/h4-10H,1-3H3,(H2,17,18,19). The van der Waals surface area contributed by atoms with Crippen molar-refractivity contribution in [3.63, 3.8) is 0 Å². The molecule has 0 spiro atoms. The van der Waals surface area contributed by atoms with Crippen molar-refractivity contribution in [3.05, 3.63) is 42.5 Å². The van der Waals surface area contributed by atoms with Gasteiger partial charge in [-0.15, -0.1) is 0 Å². The van der Waals surface area contributed by atoms with Gasteiger partial charge in [0.1, 0.15) is 5.75 Å². The normalized spacial score (nSPS) is 9.77. The van der Waals surface area contributed by atoms with E-state index in [1.54, 1.807) is 63.8 Å². The third-order valence-electron chi connectivity index (χ3n) is 2.99. The molecule has 6 heteroatoms. The molecular weight excluding hydrogens is 284 g/mol. The molecule has 0 aliphatic rings. The Kier molecular flexibility index (Phi) is 5.08. The van der Waals surface area contributed by atoms with E-state index in [2.05, 4.69) is 10.6 Å². The summed E-state index contributed by atoms with van der Waals surface area (Å²) >= 11 is 0. The van der Waals surface area contributed by atoms with Crippen molar-refractivity contribution in [2.75, 3.05) is 32.0 Å². The molecule has 22 heavy (non-hydrogen) atoms. The number of urea groups is 1. The van der Waals surface area contributed by atoms with Gasteiger partial charge in [-0.1, -0.05) is 0 Å². The fourth-order valence-electron chi connectivity index (χ4n) is 1.88. The molecule has 0 fully saturated rings. The summed E-state index contributed by atoms with van der Waals surface area (Å²) in [5.41, 5.74) is 1.27. The largest absolute Gasteiger partial charge is 0.497 e. The Morgan fingerprint density at radius 2 is 1.36 bits per heavy atom. The first-order chi connectivity index (χ1) is 10.7. The molecule has 116 valence electrons. The first-order valence-electron chi connectivity index (χ1n) is 6.60. The summed E-state index contributed by atoms with van der Waals surface area (Å²) < 4.78 is 15.4. The molecule has 2 aromatic carbocycles. The smallest absolute Gasteiger partial charge is 0.323 e. The maximum Gasteiger partial charge on any atom is 0.323 e. The fourth-order valence-corrected chi connectivity index (χ4v) is 1.88. The zero-order chi connectivity index (χ0) is 15.9. The molecule has 0 bridgehead atoms. The van der Waals surface area contributed by atoms with Gasteiger partial charge in [0.25, 0.3) is 0 Å². The molecule has 0 aliphatic heterocycles. The molecule has 2 aromatic rings. The highest BCUT2D eigenvalue weighted by molar-refractivity contribution is 5.99. The van der Waals surface area contributed by atoms with Gasteiger partial charge in [0.05, 0.1) is 21.3 Å². The topological polar surface area (TPSA) is 68.8 Å². The van der Waals surface area contributed by atoms with Crippen LogP contribution in [0.5, 0.6) is 17.2 Å². The lowest BCUT2D eigenvalue weighted by Crippen LogP contribution is -2.19. The summed E-state index contributed by atoms with van der Waals surface area (Å²) in [6.07, 6.45) is 0. The van der Waals surface area contributed by atoms with E-state index in [-0.39, 0.29) is 6.03 Å². The molecule has 0 aliphatic carbocycles. The maximum absolute atomic E-state index is 12.0. The van der Waals surface area contributed by atoms with Crippen LogP contribution in [0.15, 0.2) is 42.5 Å². The van der Waals surface area contributed by atoms with E-state index in [1.165, 1.54) is 0 Å². The number of hydrogen-bond acceptors (Lipinski definition) is 4. The second-order valence-corrected chi connectivity index (χ2v) is 4.38. The average Bonchev–Trinajstić information content (AvgIpc) is 2.55. The molecule has 0 unspecified atom stereocenters. The van der Waals surface area contributed by atoms with Crippen molar-refractivity contribution < 1.29 is 19.0 Å². The van der Waals surface area contributed by atoms with Gasteiger partial charge >= 0.3 is 6.03 Å². The van der Waals surface area contributed by atoms with Crippen LogP contribution in [0.4, 0.5) is 16.2 Å². The Bertz CT molecular complexity index is 641. The lowest BCUT2D eigenvalue weighted by Gasteiger charge is -2.11. The van der Waals surface area contributed by atoms with E-state index in [1.807, 2.05) is 0 Å². The first kappa shape index (κ1) is 15.5. The first-order valence-corrected chi connectivity index (χ1v) is 6.60. The Labute approximate surface area is 129 Å². The van der Waals surface area contributed by atoms with Crippen molar-refractivity contribution in [2.24, 2.45) is 0 Å². The Hall–Kier alpha value is -2.89. The Balaban J connectivity index is 2.02. The molecule has 0 heterocycles. The van der Waals surface area contributed by atoms with E-state index >= 15 is 0 Å². The third kappa shape index (κ3) is 3.82. The number of carbonyl (C=O) groups is 1. The van der Waals surface area contributed by atoms with Crippen LogP contribution in [-0.2, 0) is 0 Å². The summed E-state index contributed by atoms with van der Waals surface area (Å²) in [7, 11) is 4.69. The van der Waals surface area contributed by atoms with Crippen LogP contribution in [-0.4, -0.2) is 27.4 Å². The van der Waals surface area contributed by atoms with Gasteiger partial charge in [-0.05, 0) is 36.4 Å². The zero-order valence-corrected chi connectivity index (χ0v) is 12.7. The van der Waals surface area contributed by atoms with Gasteiger partial charge in [0.2, 0.25) is 0 Å². The second-order valence-electron chi connectivity index (χ2n) is 4.38. The van der Waals surface area contributed by atoms with Crippen LogP contribution < -0.4 is 24.8 Å². The number of benzene rings is 2. The van der Waals surface area contributed by atoms with Crippen molar-refractivity contribution >= 4 is 17.4 Å². The minimum atomic E-state index is -0.350. The number of anilines is 2. The fraction of sp³-hybridized carbons (Fsp3) is 0.188. The number of carbonyl (C=O) groups excluding carboxylic acids is 1. The zero-order valence-electron chi connectivity index (χ0n) is 12.7. The predicted octanol–water partition coefficient (Wildman–Crippen LogP) is 3.36. The van der Waals surface area contributed by atoms with Gasteiger partial charge in [-0.2, -0.15) is 0 Å². The predicted molar refractivity (Wildman–Crippen MR) is 85.2 cm³/mol. The number of ether oxygens (including phenoxy) is 3. The molecule has 0 radical (unpaired) electrons. The highest BCUT2D eigenvalue weighted by Crippen LogP contribution is 2.29. The molecule has 2 amide bonds. The van der Waals surface area contributed by atoms with Crippen molar-refractivity contribution in [3.8, 4) is 17.2 Å². The second kappa shape index (κ2) is 7.21. The minimum absolute atomic E-state index is 0.350. The summed E-state index contributed by atoms with van der Waals surface area (Å²) in [5.74, 6) is 1.87. The SMILES string of the molecule is COc1ccc(NC(=O)Nc2ccc(OC)c(OC)c2)cc1. The number of methoxy groups -OCH3 is 3. The van der Waals surface area contributed by atoms with Crippen LogP contribution in [0.2, 0.25) is 0 Å². The number of hydrogen-bond donors (Lipinski definition) is 2. The Morgan fingerprint density at radius 3 is 1.95 bits per heavy atom. The highest BCUT2D eigenvalue weighted by atomic mass is 16.5. The van der Waals surface area contributed by atoms with Crippen LogP contribution in [0, 0.1) is 0 Å². The van der Waals surface area contributed by atoms with Gasteiger partial charge in [0, 0.05) is 17.4 Å². The quantitative estimate of drug-likeness (QED) is 0.888.